The van der Waals surface area contributed by atoms with Crippen molar-refractivity contribution in [2.24, 2.45) is 0 Å². The fraction of sp³-hybridized carbons (Fsp3) is 0.500. The van der Waals surface area contributed by atoms with Crippen molar-refractivity contribution >= 4 is 11.9 Å². The van der Waals surface area contributed by atoms with Gasteiger partial charge in [0.1, 0.15) is 0 Å². The number of amides is 1. The molecule has 0 aromatic carbocycles. The second kappa shape index (κ2) is 6.86. The summed E-state index contributed by atoms with van der Waals surface area (Å²) in [5.74, 6) is -1.45. The predicted molar refractivity (Wildman–Crippen MR) is 87.6 cm³/mol. The van der Waals surface area contributed by atoms with E-state index in [1.54, 1.807) is 18.5 Å². The lowest BCUT2D eigenvalue weighted by Crippen LogP contribution is -2.35. The average molecular weight is 333 g/mol. The molecule has 8 nitrogen and oxygen atoms in total. The number of nitrogens with zero attached hydrogens (tertiary/aromatic N) is 3. The van der Waals surface area contributed by atoms with Gasteiger partial charge in [-0.05, 0) is 40.2 Å². The van der Waals surface area contributed by atoms with Crippen LogP contribution in [0.3, 0.4) is 0 Å². The molecule has 1 unspecified atom stereocenters. The number of aliphatic carboxylic acids is 1. The summed E-state index contributed by atoms with van der Waals surface area (Å²) < 4.78 is 1.77. The Kier molecular flexibility index (Phi) is 5.06. The highest BCUT2D eigenvalue weighted by Gasteiger charge is 2.27. The van der Waals surface area contributed by atoms with E-state index >= 15 is 0 Å². The second-order valence-corrected chi connectivity index (χ2v) is 5.96. The average Bonchev–Trinajstić information content (AvgIpc) is 2.97. The van der Waals surface area contributed by atoms with Crippen molar-refractivity contribution in [3.05, 3.63) is 33.9 Å². The molecule has 2 aromatic rings. The van der Waals surface area contributed by atoms with Gasteiger partial charge in [0.15, 0.2) is 6.04 Å². The highest BCUT2D eigenvalue weighted by molar-refractivity contribution is 5.84. The molecule has 3 N–H and O–H groups in total. The van der Waals surface area contributed by atoms with Crippen LogP contribution in [0.1, 0.15) is 46.4 Å². The fourth-order valence-corrected chi connectivity index (χ4v) is 2.69. The number of carbonyl (C=O) groups excluding carboxylic acids is 1. The standard InChI is InChI=1S/C16H23N5O3/c1-8-9(2)20-21(12(8)5)7-6-13(22)17-15(16(23)24)14-10(3)18-19-11(14)4/h15H,6-7H2,1-5H3,(H,17,22)(H,18,19)(H,23,24). The number of carboxylic acids is 1. The molecule has 2 aromatic heterocycles. The molecule has 2 heterocycles. The molecule has 0 radical (unpaired) electrons. The first-order chi connectivity index (χ1) is 11.2. The minimum absolute atomic E-state index is 0.154. The lowest BCUT2D eigenvalue weighted by molar-refractivity contribution is -0.142. The smallest absolute Gasteiger partial charge is 0.331 e. The van der Waals surface area contributed by atoms with E-state index in [1.807, 2.05) is 20.8 Å². The van der Waals surface area contributed by atoms with Gasteiger partial charge in [-0.15, -0.1) is 0 Å². The number of aromatic amines is 1. The van der Waals surface area contributed by atoms with Gasteiger partial charge >= 0.3 is 5.97 Å². The van der Waals surface area contributed by atoms with Crippen LogP contribution in [-0.4, -0.2) is 37.0 Å². The highest BCUT2D eigenvalue weighted by Crippen LogP contribution is 2.20. The first kappa shape index (κ1) is 17.7. The third-order valence-corrected chi connectivity index (χ3v) is 4.32. The van der Waals surface area contributed by atoms with E-state index in [-0.39, 0.29) is 12.3 Å². The topological polar surface area (TPSA) is 113 Å². The van der Waals surface area contributed by atoms with Gasteiger partial charge in [-0.2, -0.15) is 10.2 Å². The molecule has 1 amide bonds. The first-order valence-corrected chi connectivity index (χ1v) is 7.76. The van der Waals surface area contributed by atoms with Crippen molar-refractivity contribution in [3.8, 4) is 0 Å². The number of carboxylic acid groups (broad SMARTS) is 1. The van der Waals surface area contributed by atoms with E-state index in [0.717, 1.165) is 17.0 Å². The summed E-state index contributed by atoms with van der Waals surface area (Å²) in [7, 11) is 0. The number of aryl methyl sites for hydroxylation is 4. The fourth-order valence-electron chi connectivity index (χ4n) is 2.69. The molecular weight excluding hydrogens is 310 g/mol. The summed E-state index contributed by atoms with van der Waals surface area (Å²) in [6.07, 6.45) is 0.154. The number of aromatic nitrogens is 4. The van der Waals surface area contributed by atoms with E-state index in [0.29, 0.717) is 23.5 Å². The van der Waals surface area contributed by atoms with E-state index in [2.05, 4.69) is 20.6 Å². The summed E-state index contributed by atoms with van der Waals surface area (Å²) >= 11 is 0. The maximum absolute atomic E-state index is 12.2. The van der Waals surface area contributed by atoms with E-state index < -0.39 is 12.0 Å². The Bertz CT molecular complexity index is 756. The van der Waals surface area contributed by atoms with Crippen molar-refractivity contribution < 1.29 is 14.7 Å². The van der Waals surface area contributed by atoms with E-state index in [4.69, 9.17) is 0 Å². The number of hydrogen-bond donors (Lipinski definition) is 3. The molecule has 130 valence electrons. The molecule has 0 saturated heterocycles. The van der Waals surface area contributed by atoms with Gasteiger partial charge in [-0.3, -0.25) is 14.6 Å². The molecular formula is C16H23N5O3. The molecule has 0 aliphatic heterocycles. The number of hydrogen-bond acceptors (Lipinski definition) is 4. The van der Waals surface area contributed by atoms with Crippen LogP contribution in [0.4, 0.5) is 0 Å². The zero-order valence-electron chi connectivity index (χ0n) is 14.6. The Hall–Kier alpha value is -2.64. The van der Waals surface area contributed by atoms with Gasteiger partial charge in [0.25, 0.3) is 0 Å². The zero-order chi connectivity index (χ0) is 18.0. The SMILES string of the molecule is Cc1nn(CCC(=O)NC(C(=O)O)c2c(C)n[nH]c2C)c(C)c1C. The van der Waals surface area contributed by atoms with Gasteiger partial charge in [-0.1, -0.05) is 0 Å². The van der Waals surface area contributed by atoms with Crippen LogP contribution in [0.2, 0.25) is 0 Å². The maximum atomic E-state index is 12.2. The summed E-state index contributed by atoms with van der Waals surface area (Å²) in [6, 6.07) is -1.11. The third kappa shape index (κ3) is 3.47. The molecule has 0 aliphatic carbocycles. The summed E-state index contributed by atoms with van der Waals surface area (Å²) in [6.45, 7) is 9.70. The monoisotopic (exact) mass is 333 g/mol. The summed E-state index contributed by atoms with van der Waals surface area (Å²) in [4.78, 5) is 23.7. The minimum atomic E-state index is -1.11. The van der Waals surface area contributed by atoms with Crippen LogP contribution in [-0.2, 0) is 16.1 Å². The molecule has 8 heteroatoms. The van der Waals surface area contributed by atoms with Crippen molar-refractivity contribution in [2.75, 3.05) is 0 Å². The Balaban J connectivity index is 2.06. The Morgan fingerprint density at radius 1 is 1.21 bits per heavy atom. The Morgan fingerprint density at radius 2 is 1.88 bits per heavy atom. The van der Waals surface area contributed by atoms with Gasteiger partial charge in [0.05, 0.1) is 11.4 Å². The molecule has 2 rings (SSSR count). The number of nitrogens with one attached hydrogen (secondary N) is 2. The van der Waals surface area contributed by atoms with E-state index in [1.165, 1.54) is 0 Å². The van der Waals surface area contributed by atoms with Crippen LogP contribution in [0.15, 0.2) is 0 Å². The van der Waals surface area contributed by atoms with E-state index in [9.17, 15) is 14.7 Å². The molecule has 1 atom stereocenters. The molecule has 0 saturated carbocycles. The lowest BCUT2D eigenvalue weighted by atomic mass is 10.0. The predicted octanol–water partition coefficient (Wildman–Crippen LogP) is 1.48. The Labute approximate surface area is 140 Å². The van der Waals surface area contributed by atoms with Crippen molar-refractivity contribution in [1.29, 1.82) is 0 Å². The van der Waals surface area contributed by atoms with Crippen molar-refractivity contribution in [3.63, 3.8) is 0 Å². The number of carbonyl (C=O) groups is 2. The molecule has 0 fully saturated rings. The largest absolute Gasteiger partial charge is 0.479 e. The molecule has 0 spiro atoms. The highest BCUT2D eigenvalue weighted by atomic mass is 16.4. The van der Waals surface area contributed by atoms with Crippen molar-refractivity contribution in [1.82, 2.24) is 25.3 Å². The first-order valence-electron chi connectivity index (χ1n) is 7.76. The van der Waals surface area contributed by atoms with Gasteiger partial charge in [0, 0.05) is 29.9 Å². The normalized spacial score (nSPS) is 12.2. The second-order valence-electron chi connectivity index (χ2n) is 5.96. The number of rotatable bonds is 6. The minimum Gasteiger partial charge on any atom is -0.479 e. The quantitative estimate of drug-likeness (QED) is 0.741. The lowest BCUT2D eigenvalue weighted by Gasteiger charge is -2.15. The van der Waals surface area contributed by atoms with Crippen LogP contribution in [0, 0.1) is 34.6 Å². The van der Waals surface area contributed by atoms with Crippen LogP contribution < -0.4 is 5.32 Å². The summed E-state index contributed by atoms with van der Waals surface area (Å²) in [5, 5.41) is 23.1. The van der Waals surface area contributed by atoms with Gasteiger partial charge < -0.3 is 10.4 Å². The Morgan fingerprint density at radius 3 is 2.33 bits per heavy atom. The van der Waals surface area contributed by atoms with Crippen LogP contribution >= 0.6 is 0 Å². The zero-order valence-corrected chi connectivity index (χ0v) is 14.6. The van der Waals surface area contributed by atoms with Gasteiger partial charge in [0.2, 0.25) is 5.91 Å². The molecule has 0 aliphatic rings. The molecule has 0 bridgehead atoms. The van der Waals surface area contributed by atoms with Gasteiger partial charge in [-0.25, -0.2) is 4.79 Å². The van der Waals surface area contributed by atoms with Crippen molar-refractivity contribution in [2.45, 2.75) is 53.6 Å². The number of H-pyrrole nitrogens is 1. The van der Waals surface area contributed by atoms with Crippen LogP contribution in [0.5, 0.6) is 0 Å². The maximum Gasteiger partial charge on any atom is 0.331 e. The summed E-state index contributed by atoms with van der Waals surface area (Å²) in [5.41, 5.74) is 4.74. The third-order valence-electron chi connectivity index (χ3n) is 4.32. The molecule has 24 heavy (non-hydrogen) atoms. The van der Waals surface area contributed by atoms with Crippen LogP contribution in [0.25, 0.3) is 0 Å².